The number of nitrogen functional groups attached to an aromatic ring is 1. The third-order valence-electron chi connectivity index (χ3n) is 2.99. The summed E-state index contributed by atoms with van der Waals surface area (Å²) in [5.74, 6) is 0.721. The summed E-state index contributed by atoms with van der Waals surface area (Å²) in [5.41, 5.74) is 9.26. The molecule has 0 aliphatic rings. The Morgan fingerprint density at radius 3 is 2.95 bits per heavy atom. The van der Waals surface area contributed by atoms with Crippen LogP contribution in [-0.4, -0.2) is 15.0 Å². The first-order valence-corrected chi connectivity index (χ1v) is 6.15. The quantitative estimate of drug-likeness (QED) is 0.627. The maximum atomic E-state index is 5.75. The van der Waals surface area contributed by atoms with Crippen molar-refractivity contribution in [2.75, 3.05) is 11.1 Å². The van der Waals surface area contributed by atoms with Crippen LogP contribution in [0.2, 0.25) is 0 Å². The third-order valence-corrected chi connectivity index (χ3v) is 2.99. The molecule has 0 amide bonds. The number of hydrogen-bond acceptors (Lipinski definition) is 4. The maximum absolute atomic E-state index is 5.75. The topological polar surface area (TPSA) is 79.6 Å². The van der Waals surface area contributed by atoms with Crippen molar-refractivity contribution in [1.82, 2.24) is 15.0 Å². The predicted molar refractivity (Wildman–Crippen MR) is 76.8 cm³/mol. The van der Waals surface area contributed by atoms with Crippen LogP contribution in [0.1, 0.15) is 18.7 Å². The largest absolute Gasteiger partial charge is 0.399 e. The molecule has 1 unspecified atom stereocenters. The maximum Gasteiger partial charge on any atom is 0.201 e. The number of anilines is 2. The van der Waals surface area contributed by atoms with E-state index in [4.69, 9.17) is 5.73 Å². The fraction of sp³-hybridized carbons (Fsp3) is 0.143. The van der Waals surface area contributed by atoms with Crippen LogP contribution in [0.5, 0.6) is 0 Å². The van der Waals surface area contributed by atoms with Crippen molar-refractivity contribution in [3.05, 3.63) is 48.3 Å². The molecule has 19 heavy (non-hydrogen) atoms. The number of nitrogens with one attached hydrogen (secondary N) is 2. The molecule has 5 nitrogen and oxygen atoms in total. The Balaban J connectivity index is 1.85. The lowest BCUT2D eigenvalue weighted by atomic mass is 10.2. The molecule has 0 aliphatic heterocycles. The Morgan fingerprint density at radius 1 is 1.26 bits per heavy atom. The second-order valence-corrected chi connectivity index (χ2v) is 4.48. The molecule has 0 bridgehead atoms. The van der Waals surface area contributed by atoms with E-state index in [1.54, 1.807) is 6.20 Å². The summed E-state index contributed by atoms with van der Waals surface area (Å²) in [6.45, 7) is 2.05. The van der Waals surface area contributed by atoms with E-state index in [2.05, 4.69) is 20.3 Å². The molecule has 5 heteroatoms. The number of H-pyrrole nitrogens is 1. The molecule has 96 valence electrons. The van der Waals surface area contributed by atoms with Gasteiger partial charge in [-0.15, -0.1) is 0 Å². The minimum absolute atomic E-state index is 0.0825. The van der Waals surface area contributed by atoms with Crippen LogP contribution in [0.4, 0.5) is 11.6 Å². The molecule has 0 fully saturated rings. The van der Waals surface area contributed by atoms with Crippen LogP contribution in [0.3, 0.4) is 0 Å². The second-order valence-electron chi connectivity index (χ2n) is 4.48. The minimum atomic E-state index is 0.0825. The van der Waals surface area contributed by atoms with E-state index in [0.29, 0.717) is 0 Å². The number of aromatic amines is 1. The van der Waals surface area contributed by atoms with E-state index < -0.39 is 0 Å². The molecule has 0 saturated heterocycles. The SMILES string of the molecule is CC(Nc1nc2ccc(N)cc2[nH]1)c1ccccn1. The molecule has 0 aliphatic carbocycles. The molecule has 0 spiro atoms. The zero-order valence-corrected chi connectivity index (χ0v) is 10.6. The van der Waals surface area contributed by atoms with Crippen molar-refractivity contribution >= 4 is 22.7 Å². The van der Waals surface area contributed by atoms with E-state index in [-0.39, 0.29) is 6.04 Å². The van der Waals surface area contributed by atoms with Crippen LogP contribution < -0.4 is 11.1 Å². The first-order chi connectivity index (χ1) is 9.22. The van der Waals surface area contributed by atoms with Crippen LogP contribution in [0, 0.1) is 0 Å². The first kappa shape index (κ1) is 11.5. The van der Waals surface area contributed by atoms with Gasteiger partial charge < -0.3 is 16.0 Å². The van der Waals surface area contributed by atoms with E-state index in [1.165, 1.54) is 0 Å². The molecular formula is C14H15N5. The molecule has 3 rings (SSSR count). The fourth-order valence-corrected chi connectivity index (χ4v) is 2.01. The highest BCUT2D eigenvalue weighted by Gasteiger charge is 2.09. The second kappa shape index (κ2) is 4.61. The standard InChI is InChI=1S/C14H15N5/c1-9(11-4-2-3-7-16-11)17-14-18-12-6-5-10(15)8-13(12)19-14/h2-9H,15H2,1H3,(H2,17,18,19). The van der Waals surface area contributed by atoms with Crippen molar-refractivity contribution in [1.29, 1.82) is 0 Å². The highest BCUT2D eigenvalue weighted by molar-refractivity contribution is 5.80. The summed E-state index contributed by atoms with van der Waals surface area (Å²) in [7, 11) is 0. The average molecular weight is 253 g/mol. The molecule has 1 aromatic carbocycles. The Kier molecular flexibility index (Phi) is 2.79. The monoisotopic (exact) mass is 253 g/mol. The van der Waals surface area contributed by atoms with Crippen molar-refractivity contribution in [3.63, 3.8) is 0 Å². The van der Waals surface area contributed by atoms with E-state index in [0.717, 1.165) is 28.4 Å². The van der Waals surface area contributed by atoms with Gasteiger partial charge in [0.2, 0.25) is 5.95 Å². The molecule has 2 heterocycles. The Bertz CT molecular complexity index is 689. The molecule has 0 radical (unpaired) electrons. The molecular weight excluding hydrogens is 238 g/mol. The summed E-state index contributed by atoms with van der Waals surface area (Å²) in [6, 6.07) is 11.6. The summed E-state index contributed by atoms with van der Waals surface area (Å²) in [4.78, 5) is 12.0. The highest BCUT2D eigenvalue weighted by atomic mass is 15.1. The average Bonchev–Trinajstić information content (AvgIpc) is 2.81. The van der Waals surface area contributed by atoms with Gasteiger partial charge in [0.1, 0.15) is 0 Å². The molecule has 4 N–H and O–H groups in total. The lowest BCUT2D eigenvalue weighted by molar-refractivity contribution is 0.827. The smallest absolute Gasteiger partial charge is 0.201 e. The van der Waals surface area contributed by atoms with Crippen molar-refractivity contribution in [2.24, 2.45) is 0 Å². The lowest BCUT2D eigenvalue weighted by Gasteiger charge is -2.11. The molecule has 2 aromatic heterocycles. The highest BCUT2D eigenvalue weighted by Crippen LogP contribution is 2.20. The van der Waals surface area contributed by atoms with Gasteiger partial charge in [0.15, 0.2) is 0 Å². The number of benzene rings is 1. The zero-order valence-electron chi connectivity index (χ0n) is 10.6. The normalized spacial score (nSPS) is 12.5. The van der Waals surface area contributed by atoms with Crippen molar-refractivity contribution in [3.8, 4) is 0 Å². The van der Waals surface area contributed by atoms with Gasteiger partial charge in [-0.3, -0.25) is 4.98 Å². The van der Waals surface area contributed by atoms with Gasteiger partial charge in [-0.25, -0.2) is 4.98 Å². The Morgan fingerprint density at radius 2 is 2.16 bits per heavy atom. The number of nitrogens with zero attached hydrogens (tertiary/aromatic N) is 2. The van der Waals surface area contributed by atoms with E-state index in [1.807, 2.05) is 43.3 Å². The number of nitrogens with two attached hydrogens (primary N) is 1. The fourth-order valence-electron chi connectivity index (χ4n) is 2.01. The van der Waals surface area contributed by atoms with Gasteiger partial charge in [-0.2, -0.15) is 0 Å². The van der Waals surface area contributed by atoms with Gasteiger partial charge in [-0.05, 0) is 37.3 Å². The summed E-state index contributed by atoms with van der Waals surface area (Å²) in [5, 5.41) is 3.30. The molecule has 0 saturated carbocycles. The summed E-state index contributed by atoms with van der Waals surface area (Å²) < 4.78 is 0. The third kappa shape index (κ3) is 2.35. The lowest BCUT2D eigenvalue weighted by Crippen LogP contribution is -2.09. The summed E-state index contributed by atoms with van der Waals surface area (Å²) >= 11 is 0. The predicted octanol–water partition coefficient (Wildman–Crippen LogP) is 2.71. The number of fused-ring (bicyclic) bond motifs is 1. The number of aromatic nitrogens is 3. The minimum Gasteiger partial charge on any atom is -0.399 e. The van der Waals surface area contributed by atoms with Gasteiger partial charge in [0, 0.05) is 11.9 Å². The Labute approximate surface area is 110 Å². The zero-order chi connectivity index (χ0) is 13.2. The molecule has 3 aromatic rings. The summed E-state index contributed by atoms with van der Waals surface area (Å²) in [6.07, 6.45) is 1.78. The van der Waals surface area contributed by atoms with Gasteiger partial charge in [0.25, 0.3) is 0 Å². The van der Waals surface area contributed by atoms with Gasteiger partial charge in [0.05, 0.1) is 22.8 Å². The van der Waals surface area contributed by atoms with E-state index >= 15 is 0 Å². The Hall–Kier alpha value is -2.56. The van der Waals surface area contributed by atoms with E-state index in [9.17, 15) is 0 Å². The van der Waals surface area contributed by atoms with Crippen LogP contribution in [0.25, 0.3) is 11.0 Å². The first-order valence-electron chi connectivity index (χ1n) is 6.15. The van der Waals surface area contributed by atoms with Gasteiger partial charge in [-0.1, -0.05) is 6.07 Å². The van der Waals surface area contributed by atoms with Crippen LogP contribution in [-0.2, 0) is 0 Å². The number of pyridine rings is 1. The number of rotatable bonds is 3. The van der Waals surface area contributed by atoms with Crippen molar-refractivity contribution in [2.45, 2.75) is 13.0 Å². The van der Waals surface area contributed by atoms with Crippen LogP contribution in [0.15, 0.2) is 42.6 Å². The van der Waals surface area contributed by atoms with Gasteiger partial charge >= 0.3 is 0 Å². The van der Waals surface area contributed by atoms with Crippen LogP contribution >= 0.6 is 0 Å². The molecule has 1 atom stereocenters. The number of imidazole rings is 1. The number of hydrogen-bond donors (Lipinski definition) is 3. The van der Waals surface area contributed by atoms with Crippen molar-refractivity contribution < 1.29 is 0 Å².